The molecule has 2 N–H and O–H groups in total. The van der Waals surface area contributed by atoms with E-state index in [1.165, 1.54) is 12.1 Å². The van der Waals surface area contributed by atoms with Gasteiger partial charge in [-0.05, 0) is 37.3 Å². The quantitative estimate of drug-likeness (QED) is 0.912. The predicted molar refractivity (Wildman–Crippen MR) is 72.9 cm³/mol. The largest absolute Gasteiger partial charge is 0.504 e. The number of hydrogen-bond acceptors (Lipinski definition) is 4. The van der Waals surface area contributed by atoms with Crippen LogP contribution in [0.2, 0.25) is 5.02 Å². The van der Waals surface area contributed by atoms with E-state index in [2.05, 4.69) is 9.71 Å². The van der Waals surface area contributed by atoms with Crippen molar-refractivity contribution >= 4 is 27.4 Å². The topological polar surface area (TPSA) is 79.3 Å². The molecule has 0 aliphatic heterocycles. The van der Waals surface area contributed by atoms with Crippen molar-refractivity contribution in [3.63, 3.8) is 0 Å². The highest BCUT2D eigenvalue weighted by Gasteiger charge is 2.21. The zero-order valence-corrected chi connectivity index (χ0v) is 11.8. The molecule has 0 atom stereocenters. The second kappa shape index (κ2) is 5.26. The number of aromatic nitrogens is 1. The molecule has 0 unspecified atom stereocenters. The first-order chi connectivity index (χ1) is 9.29. The molecular formula is C12H10ClFN2O3S. The minimum atomic E-state index is -4.15. The number of pyridine rings is 1. The van der Waals surface area contributed by atoms with E-state index in [9.17, 15) is 17.9 Å². The van der Waals surface area contributed by atoms with Gasteiger partial charge in [-0.1, -0.05) is 11.6 Å². The van der Waals surface area contributed by atoms with E-state index in [4.69, 9.17) is 11.6 Å². The number of rotatable bonds is 3. The first-order valence-electron chi connectivity index (χ1n) is 5.44. The highest BCUT2D eigenvalue weighted by atomic mass is 35.5. The Bertz CT molecular complexity index is 765. The van der Waals surface area contributed by atoms with Gasteiger partial charge in [-0.3, -0.25) is 4.72 Å². The zero-order chi connectivity index (χ0) is 14.9. The lowest BCUT2D eigenvalue weighted by molar-refractivity contribution is 0.475. The van der Waals surface area contributed by atoms with Crippen molar-refractivity contribution in [2.75, 3.05) is 4.72 Å². The van der Waals surface area contributed by atoms with Gasteiger partial charge in [0, 0.05) is 5.69 Å². The molecule has 5 nitrogen and oxygen atoms in total. The molecule has 2 rings (SSSR count). The molecule has 0 aliphatic rings. The summed E-state index contributed by atoms with van der Waals surface area (Å²) >= 11 is 5.75. The van der Waals surface area contributed by atoms with Crippen LogP contribution in [0.15, 0.2) is 35.2 Å². The van der Waals surface area contributed by atoms with Crippen LogP contribution in [0, 0.1) is 12.7 Å². The average molecular weight is 317 g/mol. The van der Waals surface area contributed by atoms with Gasteiger partial charge in [-0.25, -0.2) is 17.8 Å². The number of nitrogens with one attached hydrogen (secondary N) is 1. The number of anilines is 1. The molecule has 1 aromatic carbocycles. The lowest BCUT2D eigenvalue weighted by Gasteiger charge is -2.10. The van der Waals surface area contributed by atoms with Gasteiger partial charge in [-0.2, -0.15) is 0 Å². The first kappa shape index (κ1) is 14.5. The Balaban J connectivity index is 2.46. The van der Waals surface area contributed by atoms with Crippen molar-refractivity contribution < 1.29 is 17.9 Å². The molecule has 0 spiro atoms. The number of nitrogens with zero attached hydrogens (tertiary/aromatic N) is 1. The van der Waals surface area contributed by atoms with E-state index >= 15 is 0 Å². The Morgan fingerprint density at radius 2 is 2.00 bits per heavy atom. The maximum absolute atomic E-state index is 13.1. The van der Waals surface area contributed by atoms with Crippen LogP contribution in [-0.4, -0.2) is 18.5 Å². The zero-order valence-electron chi connectivity index (χ0n) is 10.3. The fraction of sp³-hybridized carbons (Fsp3) is 0.0833. The second-order valence-corrected chi connectivity index (χ2v) is 6.06. The molecular weight excluding hydrogens is 307 g/mol. The average Bonchev–Trinajstić information content (AvgIpc) is 2.36. The first-order valence-corrected chi connectivity index (χ1v) is 7.30. The van der Waals surface area contributed by atoms with Gasteiger partial charge >= 0.3 is 0 Å². The van der Waals surface area contributed by atoms with Crippen molar-refractivity contribution in [1.82, 2.24) is 4.98 Å². The van der Waals surface area contributed by atoms with Gasteiger partial charge in [0.15, 0.2) is 11.6 Å². The molecule has 0 saturated heterocycles. The minimum absolute atomic E-state index is 0.133. The summed E-state index contributed by atoms with van der Waals surface area (Å²) in [6.07, 6.45) is 0. The standard InChI is InChI=1S/C12H10ClFN2O3S/c1-7-2-5-10(17)12(15-7)16-20(18,19)11-6-8(14)3-4-9(11)13/h2-6,17H,1H3,(H,15,16). The van der Waals surface area contributed by atoms with Crippen LogP contribution < -0.4 is 4.72 Å². The molecule has 0 radical (unpaired) electrons. The molecule has 20 heavy (non-hydrogen) atoms. The molecule has 0 amide bonds. The molecule has 0 bridgehead atoms. The summed E-state index contributed by atoms with van der Waals surface area (Å²) in [6.45, 7) is 1.63. The monoisotopic (exact) mass is 316 g/mol. The van der Waals surface area contributed by atoms with Crippen molar-refractivity contribution in [3.8, 4) is 5.75 Å². The fourth-order valence-electron chi connectivity index (χ4n) is 1.49. The summed E-state index contributed by atoms with van der Waals surface area (Å²) in [4.78, 5) is 3.43. The van der Waals surface area contributed by atoms with Gasteiger partial charge < -0.3 is 5.11 Å². The summed E-state index contributed by atoms with van der Waals surface area (Å²) in [5.74, 6) is -1.33. The van der Waals surface area contributed by atoms with Gasteiger partial charge in [0.2, 0.25) is 0 Å². The van der Waals surface area contributed by atoms with Crippen molar-refractivity contribution in [2.24, 2.45) is 0 Å². The van der Waals surface area contributed by atoms with Crippen LogP contribution in [0.1, 0.15) is 5.69 Å². The Hall–Kier alpha value is -1.86. The van der Waals surface area contributed by atoms with E-state index in [1.807, 2.05) is 0 Å². The van der Waals surface area contributed by atoms with Crippen LogP contribution in [-0.2, 0) is 10.0 Å². The Kier molecular flexibility index (Phi) is 3.82. The molecule has 1 heterocycles. The van der Waals surface area contributed by atoms with Crippen LogP contribution >= 0.6 is 11.6 Å². The van der Waals surface area contributed by atoms with Crippen molar-refractivity contribution in [1.29, 1.82) is 0 Å². The lowest BCUT2D eigenvalue weighted by Crippen LogP contribution is -2.15. The number of aryl methyl sites for hydroxylation is 1. The lowest BCUT2D eigenvalue weighted by atomic mass is 10.3. The van der Waals surface area contributed by atoms with Crippen molar-refractivity contribution in [3.05, 3.63) is 46.9 Å². The fourth-order valence-corrected chi connectivity index (χ4v) is 3.02. The summed E-state index contributed by atoms with van der Waals surface area (Å²) in [5.41, 5.74) is 0.505. The number of sulfonamides is 1. The van der Waals surface area contributed by atoms with E-state index < -0.39 is 20.7 Å². The maximum Gasteiger partial charge on any atom is 0.264 e. The van der Waals surface area contributed by atoms with Gasteiger partial charge in [0.05, 0.1) is 5.02 Å². The summed E-state index contributed by atoms with van der Waals surface area (Å²) in [6, 6.07) is 5.78. The number of hydrogen-bond donors (Lipinski definition) is 2. The number of halogens is 2. The van der Waals surface area contributed by atoms with E-state index in [1.54, 1.807) is 6.92 Å². The van der Waals surface area contributed by atoms with Gasteiger partial charge in [0.1, 0.15) is 10.7 Å². The number of benzene rings is 1. The summed E-state index contributed by atoms with van der Waals surface area (Å²) in [5, 5.41) is 9.44. The highest BCUT2D eigenvalue weighted by molar-refractivity contribution is 7.92. The maximum atomic E-state index is 13.1. The van der Waals surface area contributed by atoms with E-state index in [0.717, 1.165) is 18.2 Å². The molecule has 8 heteroatoms. The van der Waals surface area contributed by atoms with Gasteiger partial charge in [-0.15, -0.1) is 0 Å². The van der Waals surface area contributed by atoms with Crippen LogP contribution in [0.3, 0.4) is 0 Å². The summed E-state index contributed by atoms with van der Waals surface area (Å²) < 4.78 is 39.5. The van der Waals surface area contributed by atoms with Crippen molar-refractivity contribution in [2.45, 2.75) is 11.8 Å². The Morgan fingerprint density at radius 3 is 2.70 bits per heavy atom. The minimum Gasteiger partial charge on any atom is -0.504 e. The second-order valence-electron chi connectivity index (χ2n) is 4.00. The number of aromatic hydroxyl groups is 1. The molecule has 0 saturated carbocycles. The summed E-state index contributed by atoms with van der Waals surface area (Å²) in [7, 11) is -4.15. The Labute approximate surface area is 120 Å². The molecule has 2 aromatic rings. The smallest absolute Gasteiger partial charge is 0.264 e. The van der Waals surface area contributed by atoms with Gasteiger partial charge in [0.25, 0.3) is 10.0 Å². The third kappa shape index (κ3) is 3.00. The van der Waals surface area contributed by atoms with Crippen LogP contribution in [0.5, 0.6) is 5.75 Å². The van der Waals surface area contributed by atoms with Crippen LogP contribution in [0.4, 0.5) is 10.2 Å². The SMILES string of the molecule is Cc1ccc(O)c(NS(=O)(=O)c2cc(F)ccc2Cl)n1. The van der Waals surface area contributed by atoms with E-state index in [-0.39, 0.29) is 16.6 Å². The normalized spacial score (nSPS) is 11.3. The molecule has 0 aliphatic carbocycles. The molecule has 106 valence electrons. The van der Waals surface area contributed by atoms with Crippen LogP contribution in [0.25, 0.3) is 0 Å². The Morgan fingerprint density at radius 1 is 1.30 bits per heavy atom. The third-order valence-electron chi connectivity index (χ3n) is 2.43. The molecule has 0 fully saturated rings. The third-order valence-corrected chi connectivity index (χ3v) is 4.25. The highest BCUT2D eigenvalue weighted by Crippen LogP contribution is 2.27. The predicted octanol–water partition coefficient (Wildman–Crippen LogP) is 2.69. The molecule has 1 aromatic heterocycles. The van der Waals surface area contributed by atoms with E-state index in [0.29, 0.717) is 5.69 Å².